The summed E-state index contributed by atoms with van der Waals surface area (Å²) in [7, 11) is 0. The van der Waals surface area contributed by atoms with Crippen LogP contribution < -0.4 is 4.74 Å². The number of fused-ring (bicyclic) bond motifs is 5. The van der Waals surface area contributed by atoms with Crippen molar-refractivity contribution in [3.63, 3.8) is 0 Å². The van der Waals surface area contributed by atoms with E-state index < -0.39 is 0 Å². The Morgan fingerprint density at radius 2 is 2.10 bits per heavy atom. The summed E-state index contributed by atoms with van der Waals surface area (Å²) in [6, 6.07) is 5.53. The van der Waals surface area contributed by atoms with E-state index in [0.29, 0.717) is 17.8 Å². The van der Waals surface area contributed by atoms with Gasteiger partial charge in [0, 0.05) is 12.0 Å². The molecule has 2 aliphatic carbocycles. The topological polar surface area (TPSA) is 49.7 Å². The molecule has 3 nitrogen and oxygen atoms in total. The quantitative estimate of drug-likeness (QED) is 0.764. The Morgan fingerprint density at radius 1 is 1.25 bits per heavy atom. The van der Waals surface area contributed by atoms with Crippen LogP contribution in [0, 0.1) is 17.3 Å². The number of aliphatic hydroxyl groups is 1. The van der Waals surface area contributed by atoms with Gasteiger partial charge in [-0.15, -0.1) is 0 Å². The summed E-state index contributed by atoms with van der Waals surface area (Å²) in [6.07, 6.45) is 4.13. The highest BCUT2D eigenvalue weighted by molar-refractivity contribution is 5.44. The summed E-state index contributed by atoms with van der Waals surface area (Å²) in [5, 5.41) is 19.9. The van der Waals surface area contributed by atoms with Gasteiger partial charge in [-0.1, -0.05) is 13.0 Å². The van der Waals surface area contributed by atoms with Crippen LogP contribution in [0.25, 0.3) is 0 Å². The molecule has 2 fully saturated rings. The van der Waals surface area contributed by atoms with E-state index in [4.69, 9.17) is 4.74 Å². The van der Waals surface area contributed by atoms with Gasteiger partial charge in [0.2, 0.25) is 0 Å². The Bertz CT molecular complexity index is 541. The van der Waals surface area contributed by atoms with Crippen LogP contribution in [0.3, 0.4) is 0 Å². The van der Waals surface area contributed by atoms with Crippen LogP contribution in [0.2, 0.25) is 0 Å². The van der Waals surface area contributed by atoms with Gasteiger partial charge in [-0.25, -0.2) is 0 Å². The van der Waals surface area contributed by atoms with Crippen LogP contribution in [0.1, 0.15) is 44.1 Å². The molecule has 5 atom stereocenters. The first-order chi connectivity index (χ1) is 9.59. The number of aromatic hydroxyl groups is 1. The van der Waals surface area contributed by atoms with Crippen LogP contribution in [0.4, 0.5) is 0 Å². The summed E-state index contributed by atoms with van der Waals surface area (Å²) >= 11 is 0. The molecule has 2 N–H and O–H groups in total. The molecule has 4 rings (SSSR count). The molecule has 20 heavy (non-hydrogen) atoms. The molecule has 1 aliphatic heterocycles. The minimum atomic E-state index is -0.144. The highest BCUT2D eigenvalue weighted by Gasteiger charge is 2.55. The third-order valence-corrected chi connectivity index (χ3v) is 6.21. The molecular weight excluding hydrogens is 252 g/mol. The van der Waals surface area contributed by atoms with Gasteiger partial charge in [0.25, 0.3) is 0 Å². The minimum Gasteiger partial charge on any atom is -0.508 e. The van der Waals surface area contributed by atoms with Crippen LogP contribution in [-0.4, -0.2) is 22.9 Å². The lowest BCUT2D eigenvalue weighted by Crippen LogP contribution is -2.45. The first-order valence-corrected chi connectivity index (χ1v) is 7.73. The third-order valence-electron chi connectivity index (χ3n) is 6.21. The zero-order valence-electron chi connectivity index (χ0n) is 11.9. The number of phenolic OH excluding ortho intramolecular Hbond substituents is 1. The number of aliphatic hydroxyl groups excluding tert-OH is 1. The lowest BCUT2D eigenvalue weighted by Gasteiger charge is -2.49. The van der Waals surface area contributed by atoms with E-state index in [9.17, 15) is 10.2 Å². The molecule has 2 saturated carbocycles. The van der Waals surface area contributed by atoms with Crippen molar-refractivity contribution in [2.24, 2.45) is 17.3 Å². The molecule has 0 bridgehead atoms. The largest absolute Gasteiger partial charge is 0.508 e. The third kappa shape index (κ3) is 1.56. The van der Waals surface area contributed by atoms with Gasteiger partial charge in [-0.2, -0.15) is 0 Å². The van der Waals surface area contributed by atoms with Gasteiger partial charge in [0.15, 0.2) is 0 Å². The van der Waals surface area contributed by atoms with E-state index in [-0.39, 0.29) is 17.3 Å². The molecule has 0 spiro atoms. The molecule has 1 aromatic carbocycles. The van der Waals surface area contributed by atoms with Gasteiger partial charge in [0.1, 0.15) is 11.5 Å². The first-order valence-electron chi connectivity index (χ1n) is 7.73. The average molecular weight is 274 g/mol. The highest BCUT2D eigenvalue weighted by atomic mass is 16.5. The fraction of sp³-hybridized carbons (Fsp3) is 0.647. The fourth-order valence-corrected chi connectivity index (χ4v) is 5.02. The summed E-state index contributed by atoms with van der Waals surface area (Å²) in [5.74, 6) is 2.75. The lowest BCUT2D eigenvalue weighted by molar-refractivity contribution is -0.0356. The maximum Gasteiger partial charge on any atom is 0.126 e. The summed E-state index contributed by atoms with van der Waals surface area (Å²) < 4.78 is 5.92. The molecule has 1 heterocycles. The second-order valence-corrected chi connectivity index (χ2v) is 7.05. The van der Waals surface area contributed by atoms with Gasteiger partial charge < -0.3 is 14.9 Å². The van der Waals surface area contributed by atoms with E-state index in [0.717, 1.165) is 38.0 Å². The standard InChI is InChI=1S/C17H22O3/c1-17-7-6-11-12-3-2-10(18)8-15(12)20-9-13(11)14(17)4-5-16(17)19/h2-3,8,11,13-14,16,18-19H,4-7,9H2,1H3. The molecule has 3 aliphatic rings. The Balaban J connectivity index is 1.71. The molecular formula is C17H22O3. The van der Waals surface area contributed by atoms with Crippen LogP contribution in [0.5, 0.6) is 11.5 Å². The Kier molecular flexibility index (Phi) is 2.59. The summed E-state index contributed by atoms with van der Waals surface area (Å²) in [4.78, 5) is 0. The monoisotopic (exact) mass is 274 g/mol. The van der Waals surface area contributed by atoms with Gasteiger partial charge >= 0.3 is 0 Å². The minimum absolute atomic E-state index is 0.0823. The summed E-state index contributed by atoms with van der Waals surface area (Å²) in [5.41, 5.74) is 1.33. The first kappa shape index (κ1) is 12.5. The zero-order chi connectivity index (χ0) is 13.9. The molecule has 0 aromatic heterocycles. The average Bonchev–Trinajstić information content (AvgIpc) is 2.74. The number of hydrogen-bond acceptors (Lipinski definition) is 3. The van der Waals surface area contributed by atoms with E-state index in [1.165, 1.54) is 5.56 Å². The predicted molar refractivity (Wildman–Crippen MR) is 75.9 cm³/mol. The van der Waals surface area contributed by atoms with E-state index in [1.807, 2.05) is 6.07 Å². The Labute approximate surface area is 119 Å². The molecule has 108 valence electrons. The number of rotatable bonds is 0. The number of ether oxygens (including phenoxy) is 1. The lowest BCUT2D eigenvalue weighted by atomic mass is 9.58. The number of phenols is 1. The second kappa shape index (κ2) is 4.14. The molecule has 0 amide bonds. The Hall–Kier alpha value is -1.22. The van der Waals surface area contributed by atoms with Crippen LogP contribution in [-0.2, 0) is 0 Å². The number of hydrogen-bond donors (Lipinski definition) is 2. The van der Waals surface area contributed by atoms with Crippen LogP contribution >= 0.6 is 0 Å². The zero-order valence-corrected chi connectivity index (χ0v) is 11.9. The number of benzene rings is 1. The van der Waals surface area contributed by atoms with Crippen molar-refractivity contribution < 1.29 is 14.9 Å². The van der Waals surface area contributed by atoms with Crippen molar-refractivity contribution in [2.45, 2.75) is 44.6 Å². The van der Waals surface area contributed by atoms with Crippen molar-refractivity contribution in [1.29, 1.82) is 0 Å². The maximum absolute atomic E-state index is 10.3. The Morgan fingerprint density at radius 3 is 2.95 bits per heavy atom. The second-order valence-electron chi connectivity index (χ2n) is 7.05. The van der Waals surface area contributed by atoms with Gasteiger partial charge in [0.05, 0.1) is 12.7 Å². The van der Waals surface area contributed by atoms with Crippen molar-refractivity contribution in [1.82, 2.24) is 0 Å². The fourth-order valence-electron chi connectivity index (χ4n) is 5.02. The van der Waals surface area contributed by atoms with Crippen molar-refractivity contribution in [3.8, 4) is 11.5 Å². The summed E-state index contributed by atoms with van der Waals surface area (Å²) in [6.45, 7) is 2.99. The smallest absolute Gasteiger partial charge is 0.126 e. The van der Waals surface area contributed by atoms with Crippen molar-refractivity contribution in [3.05, 3.63) is 23.8 Å². The highest BCUT2D eigenvalue weighted by Crippen LogP contribution is 2.60. The van der Waals surface area contributed by atoms with Crippen LogP contribution in [0.15, 0.2) is 18.2 Å². The normalized spacial score (nSPS) is 42.3. The maximum atomic E-state index is 10.3. The predicted octanol–water partition coefficient (Wildman–Crippen LogP) is 3.06. The molecule has 3 heteroatoms. The van der Waals surface area contributed by atoms with Crippen molar-refractivity contribution in [2.75, 3.05) is 6.61 Å². The molecule has 5 unspecified atom stereocenters. The van der Waals surface area contributed by atoms with E-state index in [1.54, 1.807) is 12.1 Å². The van der Waals surface area contributed by atoms with E-state index in [2.05, 4.69) is 6.92 Å². The molecule has 1 aromatic rings. The van der Waals surface area contributed by atoms with E-state index >= 15 is 0 Å². The van der Waals surface area contributed by atoms with Crippen molar-refractivity contribution >= 4 is 0 Å². The SMILES string of the molecule is CC12CCC3c4ccc(O)cc4OCC3C1CCC2O. The molecule has 0 radical (unpaired) electrons. The molecule has 0 saturated heterocycles. The van der Waals surface area contributed by atoms with Gasteiger partial charge in [-0.05, 0) is 54.6 Å². The van der Waals surface area contributed by atoms with Gasteiger partial charge in [-0.3, -0.25) is 0 Å².